The van der Waals surface area contributed by atoms with Gasteiger partial charge in [0, 0.05) is 6.42 Å². The van der Waals surface area contributed by atoms with Crippen molar-refractivity contribution in [1.82, 2.24) is 15.3 Å². The number of rotatable bonds is 7. The van der Waals surface area contributed by atoms with E-state index in [1.165, 1.54) is 18.2 Å². The summed E-state index contributed by atoms with van der Waals surface area (Å²) in [5, 5.41) is 3.76. The van der Waals surface area contributed by atoms with Gasteiger partial charge in [-0.3, -0.25) is 23.9 Å². The van der Waals surface area contributed by atoms with Crippen LogP contribution in [0.1, 0.15) is 44.7 Å². The predicted molar refractivity (Wildman–Crippen MR) is 114 cm³/mol. The van der Waals surface area contributed by atoms with E-state index >= 15 is 0 Å². The van der Waals surface area contributed by atoms with Crippen molar-refractivity contribution in [1.29, 1.82) is 0 Å². The van der Waals surface area contributed by atoms with Crippen LogP contribution < -0.4 is 5.32 Å². The average Bonchev–Trinajstić information content (AvgIpc) is 3.03. The Morgan fingerprint density at radius 3 is 2.42 bits per heavy atom. The molecule has 0 aromatic heterocycles. The molecule has 0 unspecified atom stereocenters. The smallest absolute Gasteiger partial charge is 0.276 e. The molecule has 5 amide bonds. The number of hydrogen-bond donors (Lipinski definition) is 1. The van der Waals surface area contributed by atoms with Crippen molar-refractivity contribution in [3.63, 3.8) is 0 Å². The highest BCUT2D eigenvalue weighted by atomic mass is 32.2. The van der Waals surface area contributed by atoms with Gasteiger partial charge in [0.25, 0.3) is 21.9 Å². The van der Waals surface area contributed by atoms with Crippen LogP contribution >= 0.6 is 0 Å². The number of urea groups is 1. The third-order valence-electron chi connectivity index (χ3n) is 5.39. The summed E-state index contributed by atoms with van der Waals surface area (Å²) in [6.07, 6.45) is 0.532. The molecular formula is C22H21N3O7S. The van der Waals surface area contributed by atoms with Crippen LogP contribution in [0.4, 0.5) is 4.79 Å². The first-order valence-corrected chi connectivity index (χ1v) is 11.7. The SMILES string of the molecule is Cc1ccc(S(=O)(=O)OCCCc2cccc3c2C(=O)N(N2CCC(=O)NC2=O)C3=O)cc1. The maximum absolute atomic E-state index is 13.0. The van der Waals surface area contributed by atoms with E-state index < -0.39 is 33.9 Å². The third kappa shape index (κ3) is 4.37. The maximum Gasteiger partial charge on any atom is 0.343 e. The highest BCUT2D eigenvalue weighted by molar-refractivity contribution is 7.86. The summed E-state index contributed by atoms with van der Waals surface area (Å²) in [5.41, 5.74) is 1.77. The highest BCUT2D eigenvalue weighted by Gasteiger charge is 2.44. The van der Waals surface area contributed by atoms with Gasteiger partial charge in [0.05, 0.1) is 29.2 Å². The standard InChI is InChI=1S/C22H21N3O7S/c1-14-7-9-16(10-8-14)33(30,31)32-13-3-5-15-4-2-6-17-19(15)21(28)25(20(17)27)24-12-11-18(26)23-22(24)29/h2,4,6-10H,3,5,11-13H2,1H3,(H,23,26,29). The van der Waals surface area contributed by atoms with Crippen molar-refractivity contribution in [3.8, 4) is 0 Å². The summed E-state index contributed by atoms with van der Waals surface area (Å²) in [6.45, 7) is 1.65. The molecule has 2 aliphatic heterocycles. The molecule has 11 heteroatoms. The van der Waals surface area contributed by atoms with Crippen LogP contribution in [0.25, 0.3) is 0 Å². The minimum atomic E-state index is -3.90. The molecule has 0 atom stereocenters. The fourth-order valence-electron chi connectivity index (χ4n) is 3.72. The van der Waals surface area contributed by atoms with Crippen LogP contribution in [-0.4, -0.2) is 55.3 Å². The van der Waals surface area contributed by atoms with Gasteiger partial charge < -0.3 is 0 Å². The normalized spacial score (nSPS) is 16.3. The van der Waals surface area contributed by atoms with Crippen LogP contribution in [-0.2, 0) is 25.5 Å². The van der Waals surface area contributed by atoms with E-state index in [4.69, 9.17) is 4.18 Å². The Bertz CT molecular complexity index is 1260. The lowest BCUT2D eigenvalue weighted by Gasteiger charge is -2.32. The number of nitrogens with one attached hydrogen (secondary N) is 1. The van der Waals surface area contributed by atoms with Gasteiger partial charge in [-0.2, -0.15) is 13.4 Å². The molecule has 172 valence electrons. The van der Waals surface area contributed by atoms with Crippen molar-refractivity contribution in [3.05, 3.63) is 64.7 Å². The van der Waals surface area contributed by atoms with E-state index in [9.17, 15) is 27.6 Å². The van der Waals surface area contributed by atoms with E-state index in [0.29, 0.717) is 5.56 Å². The molecule has 1 fully saturated rings. The summed E-state index contributed by atoms with van der Waals surface area (Å²) < 4.78 is 29.7. The molecule has 1 saturated heterocycles. The minimum absolute atomic E-state index is 0.0290. The lowest BCUT2D eigenvalue weighted by molar-refractivity contribution is -0.122. The van der Waals surface area contributed by atoms with Gasteiger partial charge in [0.1, 0.15) is 0 Å². The highest BCUT2D eigenvalue weighted by Crippen LogP contribution is 2.29. The molecule has 0 radical (unpaired) electrons. The van der Waals surface area contributed by atoms with Gasteiger partial charge in [0.2, 0.25) is 5.91 Å². The summed E-state index contributed by atoms with van der Waals surface area (Å²) in [5.74, 6) is -1.79. The molecule has 1 N–H and O–H groups in total. The lowest BCUT2D eigenvalue weighted by Crippen LogP contribution is -2.58. The molecule has 33 heavy (non-hydrogen) atoms. The average molecular weight is 471 g/mol. The number of carbonyl (C=O) groups excluding carboxylic acids is 4. The number of carbonyl (C=O) groups is 4. The van der Waals surface area contributed by atoms with E-state index in [1.807, 2.05) is 6.92 Å². The first kappa shape index (κ1) is 22.6. The van der Waals surface area contributed by atoms with E-state index in [2.05, 4.69) is 5.32 Å². The number of hydrogen-bond acceptors (Lipinski definition) is 7. The zero-order chi connectivity index (χ0) is 23.8. The van der Waals surface area contributed by atoms with Crippen molar-refractivity contribution in [2.24, 2.45) is 0 Å². The number of amides is 5. The number of fused-ring (bicyclic) bond motifs is 1. The minimum Gasteiger partial charge on any atom is -0.276 e. The Balaban J connectivity index is 1.44. The summed E-state index contributed by atoms with van der Waals surface area (Å²) in [7, 11) is -3.90. The molecule has 0 bridgehead atoms. The van der Waals surface area contributed by atoms with E-state index in [1.54, 1.807) is 24.3 Å². The lowest BCUT2D eigenvalue weighted by atomic mass is 9.99. The van der Waals surface area contributed by atoms with Crippen molar-refractivity contribution in [2.45, 2.75) is 31.1 Å². The van der Waals surface area contributed by atoms with Gasteiger partial charge >= 0.3 is 6.03 Å². The Morgan fingerprint density at radius 1 is 1.00 bits per heavy atom. The fourth-order valence-corrected chi connectivity index (χ4v) is 4.66. The van der Waals surface area contributed by atoms with Crippen LogP contribution in [0, 0.1) is 6.92 Å². The second-order valence-corrected chi connectivity index (χ2v) is 9.30. The summed E-state index contributed by atoms with van der Waals surface area (Å²) in [4.78, 5) is 49.4. The van der Waals surface area contributed by atoms with Gasteiger partial charge in [-0.1, -0.05) is 29.8 Å². The van der Waals surface area contributed by atoms with Crippen LogP contribution in [0.5, 0.6) is 0 Å². The first-order chi connectivity index (χ1) is 15.7. The third-order valence-corrected chi connectivity index (χ3v) is 6.72. The molecule has 0 spiro atoms. The van der Waals surface area contributed by atoms with Crippen molar-refractivity contribution < 1.29 is 31.8 Å². The fraction of sp³-hybridized carbons (Fsp3) is 0.273. The van der Waals surface area contributed by atoms with E-state index in [-0.39, 0.29) is 48.4 Å². The van der Waals surface area contributed by atoms with Crippen molar-refractivity contribution >= 4 is 33.9 Å². The second-order valence-electron chi connectivity index (χ2n) is 7.68. The Hall–Kier alpha value is -3.57. The Kier molecular flexibility index (Phi) is 6.00. The molecular weight excluding hydrogens is 450 g/mol. The Morgan fingerprint density at radius 2 is 1.73 bits per heavy atom. The van der Waals surface area contributed by atoms with Gasteiger partial charge in [-0.25, -0.2) is 9.80 Å². The zero-order valence-corrected chi connectivity index (χ0v) is 18.6. The second kappa shape index (κ2) is 8.75. The Labute approximate surface area is 190 Å². The van der Waals surface area contributed by atoms with Gasteiger partial charge in [-0.15, -0.1) is 0 Å². The molecule has 2 aromatic rings. The number of aryl methyl sites for hydroxylation is 2. The largest absolute Gasteiger partial charge is 0.343 e. The summed E-state index contributed by atoms with van der Waals surface area (Å²) >= 11 is 0. The van der Waals surface area contributed by atoms with Crippen LogP contribution in [0.15, 0.2) is 47.4 Å². The number of hydrazine groups is 1. The van der Waals surface area contributed by atoms with Gasteiger partial charge in [-0.05, 0) is 43.5 Å². The predicted octanol–water partition coefficient (Wildman–Crippen LogP) is 1.79. The van der Waals surface area contributed by atoms with Crippen molar-refractivity contribution in [2.75, 3.05) is 13.2 Å². The number of benzene rings is 2. The first-order valence-electron chi connectivity index (χ1n) is 10.3. The molecule has 0 aliphatic carbocycles. The number of imide groups is 2. The van der Waals surface area contributed by atoms with E-state index in [0.717, 1.165) is 15.6 Å². The van der Waals surface area contributed by atoms with Gasteiger partial charge in [0.15, 0.2) is 0 Å². The van der Waals surface area contributed by atoms with Crippen LogP contribution in [0.2, 0.25) is 0 Å². The molecule has 10 nitrogen and oxygen atoms in total. The topological polar surface area (TPSA) is 130 Å². The molecule has 2 aromatic carbocycles. The molecule has 0 saturated carbocycles. The molecule has 4 rings (SSSR count). The maximum atomic E-state index is 13.0. The monoisotopic (exact) mass is 471 g/mol. The van der Waals surface area contributed by atoms with Crippen LogP contribution in [0.3, 0.4) is 0 Å². The summed E-state index contributed by atoms with van der Waals surface area (Å²) in [6, 6.07) is 10.2. The quantitative estimate of drug-likeness (QED) is 0.370. The molecule has 2 aliphatic rings. The zero-order valence-electron chi connectivity index (χ0n) is 17.7. The number of nitrogens with zero attached hydrogens (tertiary/aromatic N) is 2. The molecule has 2 heterocycles.